The van der Waals surface area contributed by atoms with Crippen LogP contribution in [0.1, 0.15) is 17.7 Å². The third kappa shape index (κ3) is 1.32. The molecule has 1 unspecified atom stereocenters. The molecule has 4 nitrogen and oxygen atoms in total. The molecule has 0 saturated heterocycles. The Morgan fingerprint density at radius 2 is 2.54 bits per heavy atom. The van der Waals surface area contributed by atoms with Crippen molar-refractivity contribution in [2.24, 2.45) is 13.0 Å². The number of aryl methyl sites for hydroxylation is 2. The summed E-state index contributed by atoms with van der Waals surface area (Å²) in [6.07, 6.45) is 4.06. The summed E-state index contributed by atoms with van der Waals surface area (Å²) in [5, 5.41) is 13.0. The minimum atomic E-state index is -0.688. The number of carboxylic acids is 1. The Labute approximate surface area is 76.2 Å². The second kappa shape index (κ2) is 2.87. The zero-order valence-corrected chi connectivity index (χ0v) is 7.53. The zero-order chi connectivity index (χ0) is 9.42. The molecule has 1 atom stereocenters. The van der Waals surface area contributed by atoms with Crippen LogP contribution in [0, 0.1) is 5.92 Å². The van der Waals surface area contributed by atoms with Crippen LogP contribution >= 0.6 is 0 Å². The average molecular weight is 180 g/mol. The number of hydrogen-bond donors (Lipinski definition) is 1. The van der Waals surface area contributed by atoms with Crippen molar-refractivity contribution in [2.45, 2.75) is 19.3 Å². The molecule has 0 saturated carbocycles. The van der Waals surface area contributed by atoms with E-state index < -0.39 is 5.97 Å². The molecule has 1 N–H and O–H groups in total. The van der Waals surface area contributed by atoms with E-state index in [9.17, 15) is 4.79 Å². The summed E-state index contributed by atoms with van der Waals surface area (Å²) >= 11 is 0. The molecule has 70 valence electrons. The molecule has 13 heavy (non-hydrogen) atoms. The van der Waals surface area contributed by atoms with Crippen molar-refractivity contribution in [3.8, 4) is 0 Å². The van der Waals surface area contributed by atoms with Gasteiger partial charge in [-0.25, -0.2) is 0 Å². The van der Waals surface area contributed by atoms with Crippen molar-refractivity contribution >= 4 is 5.97 Å². The van der Waals surface area contributed by atoms with E-state index in [1.165, 1.54) is 5.56 Å². The summed E-state index contributed by atoms with van der Waals surface area (Å²) in [4.78, 5) is 10.8. The van der Waals surface area contributed by atoms with Gasteiger partial charge in [-0.2, -0.15) is 5.10 Å². The molecule has 0 amide bonds. The van der Waals surface area contributed by atoms with Crippen LogP contribution in [0.25, 0.3) is 0 Å². The Morgan fingerprint density at radius 3 is 3.23 bits per heavy atom. The van der Waals surface area contributed by atoms with Gasteiger partial charge < -0.3 is 5.11 Å². The predicted molar refractivity (Wildman–Crippen MR) is 46.4 cm³/mol. The molecule has 0 radical (unpaired) electrons. The standard InChI is InChI=1S/C9H12N2O2/c1-11-8-4-6(9(12)13)2-3-7(8)5-10-11/h5-6H,2-4H2,1H3,(H,12,13). The van der Waals surface area contributed by atoms with Crippen LogP contribution in [0.2, 0.25) is 0 Å². The fraction of sp³-hybridized carbons (Fsp3) is 0.556. The first-order valence-corrected chi connectivity index (χ1v) is 4.41. The maximum Gasteiger partial charge on any atom is 0.306 e. The van der Waals surface area contributed by atoms with Crippen molar-refractivity contribution in [1.29, 1.82) is 0 Å². The van der Waals surface area contributed by atoms with Crippen molar-refractivity contribution in [3.63, 3.8) is 0 Å². The van der Waals surface area contributed by atoms with E-state index in [1.807, 2.05) is 13.2 Å². The Kier molecular flexibility index (Phi) is 1.83. The number of rotatable bonds is 1. The smallest absolute Gasteiger partial charge is 0.306 e. The van der Waals surface area contributed by atoms with Gasteiger partial charge in [0.1, 0.15) is 0 Å². The van der Waals surface area contributed by atoms with E-state index >= 15 is 0 Å². The van der Waals surface area contributed by atoms with Crippen LogP contribution < -0.4 is 0 Å². The highest BCUT2D eigenvalue weighted by atomic mass is 16.4. The second-order valence-electron chi connectivity index (χ2n) is 3.52. The molecule has 0 spiro atoms. The molecule has 1 aromatic rings. The minimum absolute atomic E-state index is 0.220. The van der Waals surface area contributed by atoms with E-state index in [4.69, 9.17) is 5.11 Å². The normalized spacial score (nSPS) is 21.2. The van der Waals surface area contributed by atoms with E-state index in [0.29, 0.717) is 6.42 Å². The van der Waals surface area contributed by atoms with Crippen LogP contribution in [-0.2, 0) is 24.7 Å². The first-order chi connectivity index (χ1) is 6.18. The Morgan fingerprint density at radius 1 is 1.77 bits per heavy atom. The number of carbonyl (C=O) groups is 1. The third-order valence-corrected chi connectivity index (χ3v) is 2.70. The largest absolute Gasteiger partial charge is 0.481 e. The summed E-state index contributed by atoms with van der Waals surface area (Å²) in [7, 11) is 1.86. The highest BCUT2D eigenvalue weighted by Gasteiger charge is 2.26. The van der Waals surface area contributed by atoms with Gasteiger partial charge in [-0.15, -0.1) is 0 Å². The van der Waals surface area contributed by atoms with Crippen molar-refractivity contribution in [3.05, 3.63) is 17.5 Å². The average Bonchev–Trinajstić information content (AvgIpc) is 2.47. The molecular formula is C9H12N2O2. The van der Waals surface area contributed by atoms with Gasteiger partial charge in [-0.05, 0) is 18.4 Å². The topological polar surface area (TPSA) is 55.1 Å². The van der Waals surface area contributed by atoms with E-state index in [2.05, 4.69) is 5.10 Å². The van der Waals surface area contributed by atoms with Gasteiger partial charge in [0.2, 0.25) is 0 Å². The fourth-order valence-electron chi connectivity index (χ4n) is 1.86. The van der Waals surface area contributed by atoms with Crippen LogP contribution in [0.4, 0.5) is 0 Å². The fourth-order valence-corrected chi connectivity index (χ4v) is 1.86. The number of aromatic nitrogens is 2. The lowest BCUT2D eigenvalue weighted by Crippen LogP contribution is -2.23. The lowest BCUT2D eigenvalue weighted by molar-refractivity contribution is -0.142. The van der Waals surface area contributed by atoms with Gasteiger partial charge >= 0.3 is 5.97 Å². The molecule has 1 aliphatic rings. The zero-order valence-electron chi connectivity index (χ0n) is 7.53. The van der Waals surface area contributed by atoms with Crippen molar-refractivity contribution in [2.75, 3.05) is 0 Å². The van der Waals surface area contributed by atoms with Crippen LogP contribution in [0.5, 0.6) is 0 Å². The lowest BCUT2D eigenvalue weighted by Gasteiger charge is -2.18. The van der Waals surface area contributed by atoms with Gasteiger partial charge in [0.25, 0.3) is 0 Å². The maximum atomic E-state index is 10.8. The molecule has 1 aliphatic carbocycles. The van der Waals surface area contributed by atoms with Crippen LogP contribution in [-0.4, -0.2) is 20.9 Å². The molecular weight excluding hydrogens is 168 g/mol. The molecule has 0 fully saturated rings. The molecule has 4 heteroatoms. The number of aliphatic carboxylic acids is 1. The van der Waals surface area contributed by atoms with E-state index in [0.717, 1.165) is 18.5 Å². The molecule has 0 bridgehead atoms. The van der Waals surface area contributed by atoms with Crippen LogP contribution in [0.15, 0.2) is 6.20 Å². The van der Waals surface area contributed by atoms with Gasteiger partial charge in [0.15, 0.2) is 0 Å². The third-order valence-electron chi connectivity index (χ3n) is 2.70. The Bertz CT molecular complexity index is 343. The first-order valence-electron chi connectivity index (χ1n) is 4.41. The lowest BCUT2D eigenvalue weighted by atomic mass is 9.88. The molecule has 1 aromatic heterocycles. The number of hydrogen-bond acceptors (Lipinski definition) is 2. The Balaban J connectivity index is 2.27. The SMILES string of the molecule is Cn1ncc2c1CC(C(=O)O)CC2. The van der Waals surface area contributed by atoms with Crippen LogP contribution in [0.3, 0.4) is 0 Å². The van der Waals surface area contributed by atoms with Crippen molar-refractivity contribution < 1.29 is 9.90 Å². The monoisotopic (exact) mass is 180 g/mol. The molecule has 0 aromatic carbocycles. The highest BCUT2D eigenvalue weighted by Crippen LogP contribution is 2.24. The summed E-state index contributed by atoms with van der Waals surface area (Å²) in [6.45, 7) is 0. The summed E-state index contributed by atoms with van der Waals surface area (Å²) < 4.78 is 1.78. The number of carboxylic acid groups (broad SMARTS) is 1. The van der Waals surface area contributed by atoms with Gasteiger partial charge in [0, 0.05) is 19.2 Å². The summed E-state index contributed by atoms with van der Waals surface area (Å²) in [5.74, 6) is -0.908. The highest BCUT2D eigenvalue weighted by molar-refractivity contribution is 5.70. The molecule has 2 rings (SSSR count). The van der Waals surface area contributed by atoms with E-state index in [-0.39, 0.29) is 5.92 Å². The second-order valence-corrected chi connectivity index (χ2v) is 3.52. The van der Waals surface area contributed by atoms with Gasteiger partial charge in [-0.3, -0.25) is 9.48 Å². The minimum Gasteiger partial charge on any atom is -0.481 e. The maximum absolute atomic E-state index is 10.8. The Hall–Kier alpha value is -1.32. The quantitative estimate of drug-likeness (QED) is 0.688. The van der Waals surface area contributed by atoms with E-state index in [1.54, 1.807) is 4.68 Å². The van der Waals surface area contributed by atoms with Crippen molar-refractivity contribution in [1.82, 2.24) is 9.78 Å². The molecule has 1 heterocycles. The summed E-state index contributed by atoms with van der Waals surface area (Å²) in [5.41, 5.74) is 2.29. The predicted octanol–water partition coefficient (Wildman–Crippen LogP) is 0.610. The summed E-state index contributed by atoms with van der Waals surface area (Å²) in [6, 6.07) is 0. The number of nitrogens with zero attached hydrogens (tertiary/aromatic N) is 2. The molecule has 0 aliphatic heterocycles. The first kappa shape index (κ1) is 8.29. The van der Waals surface area contributed by atoms with Gasteiger partial charge in [-0.1, -0.05) is 0 Å². The number of fused-ring (bicyclic) bond motifs is 1. The van der Waals surface area contributed by atoms with Gasteiger partial charge in [0.05, 0.1) is 12.1 Å².